The Morgan fingerprint density at radius 3 is 2.86 bits per heavy atom. The molecule has 0 aliphatic heterocycles. The Kier molecular flexibility index (Phi) is 3.38. The zero-order valence-corrected chi connectivity index (χ0v) is 8.93. The van der Waals surface area contributed by atoms with Gasteiger partial charge in [0, 0.05) is 12.7 Å². The van der Waals surface area contributed by atoms with Crippen LogP contribution in [0.5, 0.6) is 0 Å². The second-order valence-corrected chi connectivity index (χ2v) is 4.30. The van der Waals surface area contributed by atoms with Gasteiger partial charge >= 0.3 is 0 Å². The first kappa shape index (κ1) is 9.94. The SMILES string of the molecule is Clc1ccc(CNCC2CCC2)cn1. The normalized spacial score (nSPS) is 16.6. The first-order chi connectivity index (χ1) is 6.84. The van der Waals surface area contributed by atoms with Gasteiger partial charge in [-0.3, -0.25) is 0 Å². The monoisotopic (exact) mass is 210 g/mol. The Morgan fingerprint density at radius 2 is 2.29 bits per heavy atom. The number of nitrogens with zero attached hydrogens (tertiary/aromatic N) is 1. The Morgan fingerprint density at radius 1 is 1.43 bits per heavy atom. The van der Waals surface area contributed by atoms with Crippen LogP contribution in [0.1, 0.15) is 24.8 Å². The van der Waals surface area contributed by atoms with Crippen LogP contribution in [0.15, 0.2) is 18.3 Å². The molecule has 14 heavy (non-hydrogen) atoms. The number of pyridine rings is 1. The van der Waals surface area contributed by atoms with Gasteiger partial charge in [-0.05, 0) is 36.9 Å². The van der Waals surface area contributed by atoms with Crippen LogP contribution in [0.25, 0.3) is 0 Å². The molecule has 1 aliphatic carbocycles. The summed E-state index contributed by atoms with van der Waals surface area (Å²) in [5.74, 6) is 0.912. The number of halogens is 1. The lowest BCUT2D eigenvalue weighted by Crippen LogP contribution is -2.26. The van der Waals surface area contributed by atoms with Gasteiger partial charge < -0.3 is 5.32 Å². The Hall–Kier alpha value is -0.600. The van der Waals surface area contributed by atoms with Crippen molar-refractivity contribution in [3.8, 4) is 0 Å². The molecule has 0 unspecified atom stereocenters. The summed E-state index contributed by atoms with van der Waals surface area (Å²) in [5, 5.41) is 4.00. The third-order valence-electron chi connectivity index (χ3n) is 2.78. The minimum absolute atomic E-state index is 0.563. The standard InChI is InChI=1S/C11H15ClN2/c12-11-5-4-10(8-14-11)7-13-6-9-2-1-3-9/h4-5,8-9,13H,1-3,6-7H2. The number of aromatic nitrogens is 1. The molecule has 0 bridgehead atoms. The highest BCUT2D eigenvalue weighted by atomic mass is 35.5. The fourth-order valence-corrected chi connectivity index (χ4v) is 1.74. The quantitative estimate of drug-likeness (QED) is 0.773. The topological polar surface area (TPSA) is 24.9 Å². The van der Waals surface area contributed by atoms with Crippen molar-refractivity contribution in [1.82, 2.24) is 10.3 Å². The lowest BCUT2D eigenvalue weighted by molar-refractivity contribution is 0.301. The third-order valence-corrected chi connectivity index (χ3v) is 3.00. The van der Waals surface area contributed by atoms with Crippen molar-refractivity contribution in [3.63, 3.8) is 0 Å². The molecule has 0 spiro atoms. The van der Waals surface area contributed by atoms with Crippen LogP contribution in [-0.4, -0.2) is 11.5 Å². The number of hydrogen-bond acceptors (Lipinski definition) is 2. The maximum atomic E-state index is 5.70. The molecule has 76 valence electrons. The third kappa shape index (κ3) is 2.69. The molecule has 1 aliphatic rings. The molecule has 1 N–H and O–H groups in total. The molecule has 1 fully saturated rings. The van der Waals surface area contributed by atoms with E-state index < -0.39 is 0 Å². The Bertz CT molecular complexity index is 280. The van der Waals surface area contributed by atoms with Gasteiger partial charge in [-0.25, -0.2) is 4.98 Å². The van der Waals surface area contributed by atoms with Gasteiger partial charge in [-0.2, -0.15) is 0 Å². The Labute approximate surface area is 89.7 Å². The van der Waals surface area contributed by atoms with Crippen molar-refractivity contribution in [3.05, 3.63) is 29.0 Å². The van der Waals surface area contributed by atoms with Crippen LogP contribution < -0.4 is 5.32 Å². The predicted molar refractivity (Wildman–Crippen MR) is 58.3 cm³/mol. The summed E-state index contributed by atoms with van der Waals surface area (Å²) in [6.45, 7) is 2.04. The first-order valence-electron chi connectivity index (χ1n) is 5.16. The summed E-state index contributed by atoms with van der Waals surface area (Å²) in [5.41, 5.74) is 1.20. The summed E-state index contributed by atoms with van der Waals surface area (Å²) < 4.78 is 0. The van der Waals surface area contributed by atoms with Crippen molar-refractivity contribution in [2.45, 2.75) is 25.8 Å². The largest absolute Gasteiger partial charge is 0.312 e. The summed E-state index contributed by atoms with van der Waals surface area (Å²) in [6.07, 6.45) is 6.03. The summed E-state index contributed by atoms with van der Waals surface area (Å²) in [4.78, 5) is 4.04. The Balaban J connectivity index is 1.71. The van der Waals surface area contributed by atoms with Crippen LogP contribution in [0.4, 0.5) is 0 Å². The number of nitrogens with one attached hydrogen (secondary N) is 1. The van der Waals surface area contributed by atoms with Crippen LogP contribution in [0.2, 0.25) is 5.15 Å². The molecule has 0 saturated heterocycles. The average molecular weight is 211 g/mol. The molecule has 2 nitrogen and oxygen atoms in total. The van der Waals surface area contributed by atoms with E-state index >= 15 is 0 Å². The van der Waals surface area contributed by atoms with Gasteiger partial charge in [0.25, 0.3) is 0 Å². The van der Waals surface area contributed by atoms with Crippen LogP contribution in [0, 0.1) is 5.92 Å². The second-order valence-electron chi connectivity index (χ2n) is 3.92. The molecule has 0 amide bonds. The minimum Gasteiger partial charge on any atom is -0.312 e. The van der Waals surface area contributed by atoms with Gasteiger partial charge in [-0.15, -0.1) is 0 Å². The zero-order valence-electron chi connectivity index (χ0n) is 8.17. The van der Waals surface area contributed by atoms with E-state index in [9.17, 15) is 0 Å². The van der Waals surface area contributed by atoms with E-state index in [4.69, 9.17) is 11.6 Å². The van der Waals surface area contributed by atoms with Gasteiger partial charge in [0.1, 0.15) is 5.15 Å². The lowest BCUT2D eigenvalue weighted by Gasteiger charge is -2.25. The van der Waals surface area contributed by atoms with Crippen molar-refractivity contribution in [1.29, 1.82) is 0 Å². The maximum Gasteiger partial charge on any atom is 0.129 e. The van der Waals surface area contributed by atoms with E-state index in [0.717, 1.165) is 19.0 Å². The van der Waals surface area contributed by atoms with Crippen molar-refractivity contribution in [2.75, 3.05) is 6.54 Å². The average Bonchev–Trinajstić information content (AvgIpc) is 2.12. The molecule has 1 saturated carbocycles. The zero-order chi connectivity index (χ0) is 9.80. The van der Waals surface area contributed by atoms with Crippen LogP contribution in [-0.2, 0) is 6.54 Å². The molecule has 0 aromatic carbocycles. The summed E-state index contributed by atoms with van der Waals surface area (Å²) >= 11 is 5.70. The highest BCUT2D eigenvalue weighted by Gasteiger charge is 2.16. The number of hydrogen-bond donors (Lipinski definition) is 1. The van der Waals surface area contributed by atoms with E-state index in [1.807, 2.05) is 18.3 Å². The molecule has 1 aromatic heterocycles. The maximum absolute atomic E-state index is 5.70. The summed E-state index contributed by atoms with van der Waals surface area (Å²) in [7, 11) is 0. The van der Waals surface area contributed by atoms with Gasteiger partial charge in [0.2, 0.25) is 0 Å². The summed E-state index contributed by atoms with van der Waals surface area (Å²) in [6, 6.07) is 3.85. The smallest absolute Gasteiger partial charge is 0.129 e. The fraction of sp³-hybridized carbons (Fsp3) is 0.545. The molecule has 2 rings (SSSR count). The molecule has 0 radical (unpaired) electrons. The fourth-order valence-electron chi connectivity index (χ4n) is 1.63. The second kappa shape index (κ2) is 4.76. The van der Waals surface area contributed by atoms with Gasteiger partial charge in [0.05, 0.1) is 0 Å². The van der Waals surface area contributed by atoms with Gasteiger partial charge in [0.15, 0.2) is 0 Å². The van der Waals surface area contributed by atoms with Crippen molar-refractivity contribution in [2.24, 2.45) is 5.92 Å². The van der Waals surface area contributed by atoms with E-state index in [-0.39, 0.29) is 0 Å². The first-order valence-corrected chi connectivity index (χ1v) is 5.53. The molecular weight excluding hydrogens is 196 g/mol. The lowest BCUT2D eigenvalue weighted by atomic mass is 9.85. The molecule has 1 heterocycles. The van der Waals surface area contributed by atoms with Crippen LogP contribution in [0.3, 0.4) is 0 Å². The van der Waals surface area contributed by atoms with E-state index in [0.29, 0.717) is 5.15 Å². The van der Waals surface area contributed by atoms with Crippen molar-refractivity contribution < 1.29 is 0 Å². The highest BCUT2D eigenvalue weighted by Crippen LogP contribution is 2.25. The van der Waals surface area contributed by atoms with Gasteiger partial charge in [-0.1, -0.05) is 24.1 Å². The van der Waals surface area contributed by atoms with E-state index in [1.165, 1.54) is 24.8 Å². The molecule has 0 atom stereocenters. The molecule has 1 aromatic rings. The van der Waals surface area contributed by atoms with E-state index in [1.54, 1.807) is 0 Å². The van der Waals surface area contributed by atoms with E-state index in [2.05, 4.69) is 10.3 Å². The molecule has 3 heteroatoms. The minimum atomic E-state index is 0.563. The number of rotatable bonds is 4. The highest BCUT2D eigenvalue weighted by molar-refractivity contribution is 6.29. The predicted octanol–water partition coefficient (Wildman–Crippen LogP) is 2.62. The van der Waals surface area contributed by atoms with Crippen molar-refractivity contribution >= 4 is 11.6 Å². The van der Waals surface area contributed by atoms with Crippen LogP contribution >= 0.6 is 11.6 Å². The molecular formula is C11H15ClN2.